The molecule has 0 aromatic heterocycles. The zero-order valence-corrected chi connectivity index (χ0v) is 12.5. The fraction of sp³-hybridized carbons (Fsp3) is 0.647. The van der Waals surface area contributed by atoms with E-state index in [1.165, 1.54) is 36.9 Å². The van der Waals surface area contributed by atoms with Crippen molar-refractivity contribution in [1.29, 1.82) is 0 Å². The Balaban J connectivity index is 1.80. The van der Waals surface area contributed by atoms with Crippen LogP contribution in [0.5, 0.6) is 11.5 Å². The molecule has 2 aliphatic rings. The van der Waals surface area contributed by atoms with E-state index in [1.54, 1.807) is 12.1 Å². The Morgan fingerprint density at radius 2 is 1.95 bits per heavy atom. The maximum Gasteiger partial charge on any atom is 0.157 e. The van der Waals surface area contributed by atoms with Gasteiger partial charge in [-0.05, 0) is 60.8 Å². The van der Waals surface area contributed by atoms with Gasteiger partial charge in [-0.15, -0.1) is 0 Å². The van der Waals surface area contributed by atoms with Crippen molar-refractivity contribution in [2.75, 3.05) is 13.1 Å². The third-order valence-corrected chi connectivity index (χ3v) is 4.85. The average Bonchev–Trinajstić information content (AvgIpc) is 2.39. The number of phenolic OH excluding ortho intramolecular Hbond substituents is 2. The molecule has 0 saturated carbocycles. The highest BCUT2D eigenvalue weighted by molar-refractivity contribution is 5.47. The average molecular weight is 275 g/mol. The molecule has 1 unspecified atom stereocenters. The number of phenols is 2. The fourth-order valence-corrected chi connectivity index (χ4v) is 4.01. The van der Waals surface area contributed by atoms with Crippen LogP contribution in [-0.4, -0.2) is 28.2 Å². The Morgan fingerprint density at radius 3 is 2.70 bits per heavy atom. The van der Waals surface area contributed by atoms with E-state index < -0.39 is 0 Å². The maximum absolute atomic E-state index is 9.77. The minimum atomic E-state index is 0.0192. The minimum absolute atomic E-state index is 0.0192. The van der Waals surface area contributed by atoms with Crippen molar-refractivity contribution < 1.29 is 10.2 Å². The molecular weight excluding hydrogens is 250 g/mol. The van der Waals surface area contributed by atoms with Crippen molar-refractivity contribution in [3.63, 3.8) is 0 Å². The van der Waals surface area contributed by atoms with E-state index in [-0.39, 0.29) is 11.5 Å². The highest BCUT2D eigenvalue weighted by atomic mass is 16.3. The number of hydrogen-bond donors (Lipinski definition) is 2. The highest BCUT2D eigenvalue weighted by Gasteiger charge is 2.33. The van der Waals surface area contributed by atoms with Crippen molar-refractivity contribution in [1.82, 2.24) is 4.90 Å². The molecular formula is C17H25NO2. The van der Waals surface area contributed by atoms with Crippen molar-refractivity contribution in [3.05, 3.63) is 23.3 Å². The summed E-state index contributed by atoms with van der Waals surface area (Å²) < 4.78 is 0. The van der Waals surface area contributed by atoms with E-state index in [9.17, 15) is 10.2 Å². The smallest absolute Gasteiger partial charge is 0.157 e. The number of fused-ring (bicyclic) bond motifs is 3. The topological polar surface area (TPSA) is 43.7 Å². The number of benzene rings is 1. The lowest BCUT2D eigenvalue weighted by atomic mass is 9.81. The molecule has 0 bridgehead atoms. The van der Waals surface area contributed by atoms with E-state index in [0.29, 0.717) is 6.04 Å². The van der Waals surface area contributed by atoms with Crippen LogP contribution in [0.3, 0.4) is 0 Å². The zero-order chi connectivity index (χ0) is 14.3. The summed E-state index contributed by atoms with van der Waals surface area (Å²) in [6, 6.07) is 3.97. The van der Waals surface area contributed by atoms with Gasteiger partial charge in [-0.2, -0.15) is 0 Å². The first-order chi connectivity index (χ1) is 9.54. The first kappa shape index (κ1) is 13.7. The molecule has 3 nitrogen and oxygen atoms in total. The molecule has 2 atom stereocenters. The van der Waals surface area contributed by atoms with Crippen molar-refractivity contribution in [3.8, 4) is 11.5 Å². The van der Waals surface area contributed by atoms with E-state index in [4.69, 9.17) is 0 Å². The second-order valence-corrected chi connectivity index (χ2v) is 6.87. The Labute approximate surface area is 121 Å². The van der Waals surface area contributed by atoms with E-state index in [1.807, 2.05) is 0 Å². The largest absolute Gasteiger partial charge is 0.504 e. The molecule has 2 N–H and O–H groups in total. The molecule has 0 amide bonds. The molecule has 0 spiro atoms. The van der Waals surface area contributed by atoms with Gasteiger partial charge in [-0.25, -0.2) is 0 Å². The molecule has 1 saturated heterocycles. The number of rotatable bonds is 2. The minimum Gasteiger partial charge on any atom is -0.504 e. The standard InChI is InChI=1S/C17H25NO2/c1-11(2)7-12-3-4-15-14-9-17(20)16(19)8-13(14)5-6-18(15)10-12/h8-9,11-12,15,19-20H,3-7,10H2,1-2H3/t12-,15?/m1/s1. The van der Waals surface area contributed by atoms with E-state index in [2.05, 4.69) is 18.7 Å². The molecule has 0 radical (unpaired) electrons. The maximum atomic E-state index is 9.77. The Bertz CT molecular complexity index is 498. The second kappa shape index (κ2) is 5.28. The molecule has 1 aromatic carbocycles. The quantitative estimate of drug-likeness (QED) is 0.812. The van der Waals surface area contributed by atoms with Crippen LogP contribution in [0, 0.1) is 11.8 Å². The van der Waals surface area contributed by atoms with Crippen LogP contribution in [0.15, 0.2) is 12.1 Å². The fourth-order valence-electron chi connectivity index (χ4n) is 4.01. The Kier molecular flexibility index (Phi) is 3.63. The van der Waals surface area contributed by atoms with Crippen molar-refractivity contribution in [2.45, 2.75) is 45.6 Å². The van der Waals surface area contributed by atoms with Gasteiger partial charge in [-0.1, -0.05) is 13.8 Å². The third-order valence-electron chi connectivity index (χ3n) is 4.85. The Hall–Kier alpha value is -1.22. The first-order valence-electron chi connectivity index (χ1n) is 7.83. The summed E-state index contributed by atoms with van der Waals surface area (Å²) in [5.41, 5.74) is 2.44. The molecule has 0 aliphatic carbocycles. The molecule has 2 aliphatic heterocycles. The number of aromatic hydroxyl groups is 2. The van der Waals surface area contributed by atoms with Crippen LogP contribution in [0.25, 0.3) is 0 Å². The van der Waals surface area contributed by atoms with Crippen LogP contribution >= 0.6 is 0 Å². The van der Waals surface area contributed by atoms with Gasteiger partial charge in [0.1, 0.15) is 0 Å². The first-order valence-corrected chi connectivity index (χ1v) is 7.83. The lowest BCUT2D eigenvalue weighted by Crippen LogP contribution is -2.42. The summed E-state index contributed by atoms with van der Waals surface area (Å²) in [4.78, 5) is 2.58. The number of hydrogen-bond acceptors (Lipinski definition) is 3. The van der Waals surface area contributed by atoms with E-state index in [0.717, 1.165) is 24.8 Å². The molecule has 20 heavy (non-hydrogen) atoms. The van der Waals surface area contributed by atoms with Gasteiger partial charge in [-0.3, -0.25) is 4.90 Å². The molecule has 2 heterocycles. The SMILES string of the molecule is CC(C)C[C@H]1CCC2c3cc(O)c(O)cc3CCN2C1. The monoisotopic (exact) mass is 275 g/mol. The van der Waals surface area contributed by atoms with Crippen LogP contribution in [0.4, 0.5) is 0 Å². The lowest BCUT2D eigenvalue weighted by Gasteiger charge is -2.44. The van der Waals surface area contributed by atoms with Gasteiger partial charge in [0.05, 0.1) is 0 Å². The van der Waals surface area contributed by atoms with Gasteiger partial charge in [0.25, 0.3) is 0 Å². The molecule has 110 valence electrons. The van der Waals surface area contributed by atoms with Gasteiger partial charge >= 0.3 is 0 Å². The van der Waals surface area contributed by atoms with Gasteiger partial charge in [0, 0.05) is 19.1 Å². The van der Waals surface area contributed by atoms with Gasteiger partial charge < -0.3 is 10.2 Å². The third kappa shape index (κ3) is 2.51. The highest BCUT2D eigenvalue weighted by Crippen LogP contribution is 2.42. The van der Waals surface area contributed by atoms with Crippen LogP contribution in [0.1, 0.15) is 50.3 Å². The number of nitrogens with zero attached hydrogens (tertiary/aromatic N) is 1. The summed E-state index contributed by atoms with van der Waals surface area (Å²) in [7, 11) is 0. The summed E-state index contributed by atoms with van der Waals surface area (Å²) >= 11 is 0. The molecule has 1 fully saturated rings. The number of piperidine rings is 1. The van der Waals surface area contributed by atoms with Crippen molar-refractivity contribution in [2.24, 2.45) is 11.8 Å². The van der Waals surface area contributed by atoms with E-state index >= 15 is 0 Å². The summed E-state index contributed by atoms with van der Waals surface area (Å²) in [6.07, 6.45) is 4.75. The van der Waals surface area contributed by atoms with Crippen LogP contribution in [-0.2, 0) is 6.42 Å². The lowest BCUT2D eigenvalue weighted by molar-refractivity contribution is 0.0894. The molecule has 1 aromatic rings. The second-order valence-electron chi connectivity index (χ2n) is 6.87. The molecule has 3 rings (SSSR count). The van der Waals surface area contributed by atoms with Crippen LogP contribution < -0.4 is 0 Å². The van der Waals surface area contributed by atoms with Gasteiger partial charge in [0.2, 0.25) is 0 Å². The van der Waals surface area contributed by atoms with Gasteiger partial charge in [0.15, 0.2) is 11.5 Å². The summed E-state index contributed by atoms with van der Waals surface area (Å²) in [5, 5.41) is 19.4. The van der Waals surface area contributed by atoms with Crippen LogP contribution in [0.2, 0.25) is 0 Å². The normalized spacial score (nSPS) is 26.4. The predicted octanol–water partition coefficient (Wildman–Crippen LogP) is 3.45. The zero-order valence-electron chi connectivity index (χ0n) is 12.5. The summed E-state index contributed by atoms with van der Waals surface area (Å²) in [6.45, 7) is 6.87. The molecule has 3 heteroatoms. The van der Waals surface area contributed by atoms with Crippen molar-refractivity contribution >= 4 is 0 Å². The summed E-state index contributed by atoms with van der Waals surface area (Å²) in [5.74, 6) is 1.63. The Morgan fingerprint density at radius 1 is 1.20 bits per heavy atom. The predicted molar refractivity (Wildman–Crippen MR) is 80.0 cm³/mol.